The third-order valence-corrected chi connectivity index (χ3v) is 3.44. The van der Waals surface area contributed by atoms with Crippen LogP contribution in [0.15, 0.2) is 36.4 Å². The van der Waals surface area contributed by atoms with Gasteiger partial charge in [-0.05, 0) is 57.1 Å². The van der Waals surface area contributed by atoms with Crippen molar-refractivity contribution >= 4 is 0 Å². The topological polar surface area (TPSA) is 21.3 Å². The van der Waals surface area contributed by atoms with E-state index in [1.54, 1.807) is 19.2 Å². The maximum absolute atomic E-state index is 14.1. The molecule has 0 saturated carbocycles. The van der Waals surface area contributed by atoms with Crippen LogP contribution in [0.3, 0.4) is 0 Å². The lowest BCUT2D eigenvalue weighted by atomic mass is 10.1. The molecule has 1 atom stereocenters. The quantitative estimate of drug-likeness (QED) is 0.884. The van der Waals surface area contributed by atoms with Crippen LogP contribution in [0, 0.1) is 19.7 Å². The summed E-state index contributed by atoms with van der Waals surface area (Å²) in [4.78, 5) is 0. The monoisotopic (exact) mass is 273 g/mol. The molecule has 2 rings (SSSR count). The number of ether oxygens (including phenoxy) is 1. The third-order valence-electron chi connectivity index (χ3n) is 3.44. The minimum absolute atomic E-state index is 0.115. The number of aryl methyl sites for hydroxylation is 2. The van der Waals surface area contributed by atoms with Gasteiger partial charge in [-0.3, -0.25) is 0 Å². The maximum Gasteiger partial charge on any atom is 0.135 e. The average molecular weight is 273 g/mol. The number of benzene rings is 2. The van der Waals surface area contributed by atoms with E-state index >= 15 is 0 Å². The van der Waals surface area contributed by atoms with Crippen molar-refractivity contribution in [2.45, 2.75) is 26.8 Å². The molecule has 0 spiro atoms. The zero-order valence-corrected chi connectivity index (χ0v) is 12.3. The van der Waals surface area contributed by atoms with Gasteiger partial charge in [-0.15, -0.1) is 0 Å². The first-order valence-electron chi connectivity index (χ1n) is 6.73. The second kappa shape index (κ2) is 6.06. The molecule has 0 aliphatic rings. The fourth-order valence-corrected chi connectivity index (χ4v) is 2.11. The zero-order valence-electron chi connectivity index (χ0n) is 12.3. The van der Waals surface area contributed by atoms with Crippen LogP contribution in [0.2, 0.25) is 0 Å². The fraction of sp³-hybridized carbons (Fsp3) is 0.294. The van der Waals surface area contributed by atoms with Crippen molar-refractivity contribution in [2.75, 3.05) is 7.05 Å². The summed E-state index contributed by atoms with van der Waals surface area (Å²) in [5.74, 6) is 1.07. The Morgan fingerprint density at radius 1 is 1.10 bits per heavy atom. The van der Waals surface area contributed by atoms with Crippen molar-refractivity contribution in [3.8, 4) is 11.5 Å². The highest BCUT2D eigenvalue weighted by Crippen LogP contribution is 2.33. The van der Waals surface area contributed by atoms with Crippen LogP contribution >= 0.6 is 0 Å². The second-order valence-corrected chi connectivity index (χ2v) is 5.03. The summed E-state index contributed by atoms with van der Waals surface area (Å²) in [6.45, 7) is 5.90. The van der Waals surface area contributed by atoms with Crippen molar-refractivity contribution in [2.24, 2.45) is 0 Å². The smallest absolute Gasteiger partial charge is 0.135 e. The minimum atomic E-state index is -0.255. The number of nitrogens with one attached hydrogen (secondary N) is 1. The van der Waals surface area contributed by atoms with E-state index in [4.69, 9.17) is 4.74 Å². The fourth-order valence-electron chi connectivity index (χ4n) is 2.11. The lowest BCUT2D eigenvalue weighted by Gasteiger charge is -2.18. The van der Waals surface area contributed by atoms with Crippen molar-refractivity contribution in [3.05, 3.63) is 58.9 Å². The van der Waals surface area contributed by atoms with E-state index in [2.05, 4.69) is 5.32 Å². The van der Waals surface area contributed by atoms with Crippen molar-refractivity contribution < 1.29 is 9.13 Å². The van der Waals surface area contributed by atoms with Crippen molar-refractivity contribution in [1.82, 2.24) is 5.32 Å². The average Bonchev–Trinajstić information content (AvgIpc) is 2.42. The molecule has 1 unspecified atom stereocenters. The summed E-state index contributed by atoms with van der Waals surface area (Å²) in [7, 11) is 1.80. The summed E-state index contributed by atoms with van der Waals surface area (Å²) in [6.07, 6.45) is 0. The third kappa shape index (κ3) is 2.99. The number of hydrogen-bond donors (Lipinski definition) is 1. The number of hydrogen-bond acceptors (Lipinski definition) is 2. The van der Waals surface area contributed by atoms with Crippen LogP contribution in [0.25, 0.3) is 0 Å². The normalized spacial score (nSPS) is 12.2. The minimum Gasteiger partial charge on any atom is -0.457 e. The SMILES string of the molecule is CNC(C)c1c(F)cccc1Oc1cc(C)ccc1C. The summed E-state index contributed by atoms with van der Waals surface area (Å²) >= 11 is 0. The van der Waals surface area contributed by atoms with Gasteiger partial charge in [0.1, 0.15) is 17.3 Å². The van der Waals surface area contributed by atoms with Crippen molar-refractivity contribution in [3.63, 3.8) is 0 Å². The van der Waals surface area contributed by atoms with Crippen molar-refractivity contribution in [1.29, 1.82) is 0 Å². The summed E-state index contributed by atoms with van der Waals surface area (Å²) < 4.78 is 20.0. The Hall–Kier alpha value is -1.87. The van der Waals surface area contributed by atoms with Gasteiger partial charge in [0.15, 0.2) is 0 Å². The Kier molecular flexibility index (Phi) is 4.40. The molecule has 0 fully saturated rings. The second-order valence-electron chi connectivity index (χ2n) is 5.03. The van der Waals surface area contributed by atoms with Gasteiger partial charge in [0.05, 0.1) is 0 Å². The maximum atomic E-state index is 14.1. The molecule has 2 nitrogen and oxygen atoms in total. The van der Waals surface area contributed by atoms with Crippen LogP contribution in [-0.2, 0) is 0 Å². The molecule has 2 aromatic rings. The van der Waals surface area contributed by atoms with Gasteiger partial charge < -0.3 is 10.1 Å². The molecular weight excluding hydrogens is 253 g/mol. The van der Waals surface area contributed by atoms with E-state index in [1.165, 1.54) is 6.07 Å². The van der Waals surface area contributed by atoms with Crippen LogP contribution in [0.1, 0.15) is 29.7 Å². The molecule has 0 aliphatic heterocycles. The van der Waals surface area contributed by atoms with Gasteiger partial charge in [0, 0.05) is 11.6 Å². The van der Waals surface area contributed by atoms with E-state index < -0.39 is 0 Å². The molecule has 0 amide bonds. The van der Waals surface area contributed by atoms with Crippen LogP contribution in [0.4, 0.5) is 4.39 Å². The summed E-state index contributed by atoms with van der Waals surface area (Å²) in [5, 5.41) is 3.05. The Morgan fingerprint density at radius 2 is 1.85 bits per heavy atom. The Bertz CT molecular complexity index is 610. The van der Waals surface area contributed by atoms with Crippen LogP contribution in [-0.4, -0.2) is 7.05 Å². The standard InChI is InChI=1S/C17H20FNO/c1-11-8-9-12(2)16(10-11)20-15-7-5-6-14(18)17(15)13(3)19-4/h5-10,13,19H,1-4H3. The van der Waals surface area contributed by atoms with Gasteiger partial charge in [0.25, 0.3) is 0 Å². The first-order chi connectivity index (χ1) is 9.52. The van der Waals surface area contributed by atoms with Crippen LogP contribution < -0.4 is 10.1 Å². The number of halogens is 1. The van der Waals surface area contributed by atoms with E-state index in [0.717, 1.165) is 16.9 Å². The van der Waals surface area contributed by atoms with E-state index in [9.17, 15) is 4.39 Å². The predicted octanol–water partition coefficient (Wildman–Crippen LogP) is 4.52. The molecule has 3 heteroatoms. The van der Waals surface area contributed by atoms with Gasteiger partial charge in [-0.25, -0.2) is 4.39 Å². The molecule has 0 aromatic heterocycles. The molecule has 20 heavy (non-hydrogen) atoms. The highest BCUT2D eigenvalue weighted by Gasteiger charge is 2.16. The summed E-state index contributed by atoms with van der Waals surface area (Å²) in [5.41, 5.74) is 2.70. The Labute approximate surface area is 119 Å². The number of rotatable bonds is 4. The van der Waals surface area contributed by atoms with Gasteiger partial charge >= 0.3 is 0 Å². The van der Waals surface area contributed by atoms with E-state index in [-0.39, 0.29) is 11.9 Å². The highest BCUT2D eigenvalue weighted by atomic mass is 19.1. The van der Waals surface area contributed by atoms with Crippen LogP contribution in [0.5, 0.6) is 11.5 Å². The summed E-state index contributed by atoms with van der Waals surface area (Å²) in [6, 6.07) is 10.8. The Balaban J connectivity index is 2.43. The molecule has 0 saturated heterocycles. The molecular formula is C17H20FNO. The highest BCUT2D eigenvalue weighted by molar-refractivity contribution is 5.44. The molecule has 0 aliphatic carbocycles. The lowest BCUT2D eigenvalue weighted by Crippen LogP contribution is -2.15. The predicted molar refractivity (Wildman–Crippen MR) is 79.9 cm³/mol. The molecule has 0 heterocycles. The first kappa shape index (κ1) is 14.5. The lowest BCUT2D eigenvalue weighted by molar-refractivity contribution is 0.449. The largest absolute Gasteiger partial charge is 0.457 e. The van der Waals surface area contributed by atoms with E-state index in [0.29, 0.717) is 11.3 Å². The Morgan fingerprint density at radius 3 is 2.55 bits per heavy atom. The van der Waals surface area contributed by atoms with Gasteiger partial charge in [0.2, 0.25) is 0 Å². The molecule has 0 radical (unpaired) electrons. The zero-order chi connectivity index (χ0) is 14.7. The van der Waals surface area contributed by atoms with E-state index in [1.807, 2.05) is 39.0 Å². The first-order valence-corrected chi connectivity index (χ1v) is 6.73. The molecule has 0 bridgehead atoms. The molecule has 106 valence electrons. The van der Waals surface area contributed by atoms with Gasteiger partial charge in [-0.1, -0.05) is 18.2 Å². The van der Waals surface area contributed by atoms with Gasteiger partial charge in [-0.2, -0.15) is 0 Å². The molecule has 1 N–H and O–H groups in total. The molecule has 2 aromatic carbocycles.